The molecule has 0 radical (unpaired) electrons. The minimum atomic E-state index is -4.33. The van der Waals surface area contributed by atoms with Crippen molar-refractivity contribution in [3.63, 3.8) is 0 Å². The second-order valence-corrected chi connectivity index (χ2v) is 4.61. The first-order valence-electron chi connectivity index (χ1n) is 5.87. The van der Waals surface area contributed by atoms with Gasteiger partial charge in [0.15, 0.2) is 18.1 Å². The number of likely N-dealkylation sites (N-methyl/N-ethyl adjacent to an activating group) is 1. The number of carbonyl (C=O) groups is 1. The SMILES string of the molecule is CN1C(=O)COC1=Nc1cccc(OC(F)(F)C(F)Cl)c1O. The average Bonchev–Trinajstić information content (AvgIpc) is 2.75. The number of carbonyl (C=O) groups excluding carboxylic acids is 1. The van der Waals surface area contributed by atoms with Gasteiger partial charge in [-0.25, -0.2) is 4.39 Å². The van der Waals surface area contributed by atoms with E-state index in [2.05, 4.69) is 21.3 Å². The maximum absolute atomic E-state index is 13.1. The van der Waals surface area contributed by atoms with Gasteiger partial charge in [-0.2, -0.15) is 13.8 Å². The van der Waals surface area contributed by atoms with Crippen LogP contribution in [0.1, 0.15) is 0 Å². The first-order chi connectivity index (χ1) is 10.2. The van der Waals surface area contributed by atoms with Crippen LogP contribution in [0.25, 0.3) is 0 Å². The molecule has 10 heteroatoms. The van der Waals surface area contributed by atoms with E-state index in [0.29, 0.717) is 0 Å². The molecule has 1 fully saturated rings. The van der Waals surface area contributed by atoms with Gasteiger partial charge in [-0.1, -0.05) is 17.7 Å². The van der Waals surface area contributed by atoms with Gasteiger partial charge in [0.05, 0.1) is 0 Å². The molecule has 0 spiro atoms. The van der Waals surface area contributed by atoms with Crippen LogP contribution in [0.2, 0.25) is 0 Å². The molecule has 120 valence electrons. The highest BCUT2D eigenvalue weighted by Gasteiger charge is 2.42. The van der Waals surface area contributed by atoms with Crippen molar-refractivity contribution >= 4 is 29.2 Å². The molecule has 1 atom stereocenters. The Bertz CT molecular complexity index is 624. The van der Waals surface area contributed by atoms with Crippen molar-refractivity contribution in [1.29, 1.82) is 0 Å². The first-order valence-corrected chi connectivity index (χ1v) is 6.31. The van der Waals surface area contributed by atoms with Gasteiger partial charge in [0, 0.05) is 7.05 Å². The van der Waals surface area contributed by atoms with Crippen molar-refractivity contribution < 1.29 is 32.5 Å². The molecular formula is C12H10ClF3N2O4. The van der Waals surface area contributed by atoms with Crippen molar-refractivity contribution in [1.82, 2.24) is 4.90 Å². The number of aliphatic imine (C=N–C) groups is 1. The minimum Gasteiger partial charge on any atom is -0.503 e. The molecule has 0 bridgehead atoms. The van der Waals surface area contributed by atoms with Gasteiger partial charge < -0.3 is 14.6 Å². The Morgan fingerprint density at radius 1 is 1.55 bits per heavy atom. The molecule has 1 N–H and O–H groups in total. The van der Waals surface area contributed by atoms with E-state index >= 15 is 0 Å². The van der Waals surface area contributed by atoms with E-state index in [1.807, 2.05) is 0 Å². The molecule has 1 aromatic rings. The largest absolute Gasteiger partial charge is 0.503 e. The Balaban J connectivity index is 2.31. The topological polar surface area (TPSA) is 71.4 Å². The number of amides is 1. The summed E-state index contributed by atoms with van der Waals surface area (Å²) in [5.74, 6) is -1.86. The normalized spacial score (nSPS) is 18.5. The van der Waals surface area contributed by atoms with Crippen molar-refractivity contribution in [2.24, 2.45) is 4.99 Å². The third-order valence-electron chi connectivity index (χ3n) is 2.68. The monoisotopic (exact) mass is 338 g/mol. The zero-order valence-corrected chi connectivity index (χ0v) is 11.9. The van der Waals surface area contributed by atoms with Crippen LogP contribution in [0.15, 0.2) is 23.2 Å². The van der Waals surface area contributed by atoms with E-state index in [1.54, 1.807) is 0 Å². The lowest BCUT2D eigenvalue weighted by Crippen LogP contribution is -2.32. The summed E-state index contributed by atoms with van der Waals surface area (Å²) in [6.45, 7) is -0.222. The number of benzene rings is 1. The van der Waals surface area contributed by atoms with Gasteiger partial charge in [-0.15, -0.1) is 0 Å². The Morgan fingerprint density at radius 2 is 2.23 bits per heavy atom. The lowest BCUT2D eigenvalue weighted by atomic mass is 10.3. The summed E-state index contributed by atoms with van der Waals surface area (Å²) in [4.78, 5) is 16.2. The number of hydrogen-bond donors (Lipinski definition) is 1. The molecule has 1 unspecified atom stereocenters. The number of amidine groups is 1. The Hall–Kier alpha value is -2.16. The third kappa shape index (κ3) is 3.19. The Kier molecular flexibility index (Phi) is 4.36. The summed E-state index contributed by atoms with van der Waals surface area (Å²) in [7, 11) is 1.39. The van der Waals surface area contributed by atoms with Crippen LogP contribution in [0.5, 0.6) is 11.5 Å². The van der Waals surface area contributed by atoms with Gasteiger partial charge in [0.25, 0.3) is 17.6 Å². The maximum atomic E-state index is 13.1. The summed E-state index contributed by atoms with van der Waals surface area (Å²) in [6.07, 6.45) is -4.33. The number of halogens is 4. The molecule has 0 aliphatic carbocycles. The third-order valence-corrected chi connectivity index (χ3v) is 2.93. The maximum Gasteiger partial charge on any atom is 0.444 e. The number of phenolic OH excluding ortho intramolecular Hbond substituents is 1. The predicted molar refractivity (Wildman–Crippen MR) is 70.2 cm³/mol. The van der Waals surface area contributed by atoms with Crippen LogP contribution in [-0.2, 0) is 9.53 Å². The van der Waals surface area contributed by atoms with Crippen molar-refractivity contribution in [3.05, 3.63) is 18.2 Å². The zero-order chi connectivity index (χ0) is 16.5. The Morgan fingerprint density at radius 3 is 2.77 bits per heavy atom. The van der Waals surface area contributed by atoms with Gasteiger partial charge in [0.1, 0.15) is 5.69 Å². The molecule has 1 saturated heterocycles. The quantitative estimate of drug-likeness (QED) is 0.856. The number of para-hydroxylation sites is 1. The van der Waals surface area contributed by atoms with E-state index in [9.17, 15) is 23.1 Å². The van der Waals surface area contributed by atoms with Gasteiger partial charge in [-0.05, 0) is 12.1 Å². The van der Waals surface area contributed by atoms with E-state index in [0.717, 1.165) is 11.0 Å². The molecule has 0 aromatic heterocycles. The fourth-order valence-electron chi connectivity index (χ4n) is 1.51. The Labute approximate surface area is 127 Å². The summed E-state index contributed by atoms with van der Waals surface area (Å²) >= 11 is 4.67. The highest BCUT2D eigenvalue weighted by molar-refractivity contribution is 6.20. The lowest BCUT2D eigenvalue weighted by molar-refractivity contribution is -0.199. The zero-order valence-electron chi connectivity index (χ0n) is 11.1. The van der Waals surface area contributed by atoms with Crippen LogP contribution in [0.4, 0.5) is 18.9 Å². The van der Waals surface area contributed by atoms with E-state index in [1.165, 1.54) is 19.2 Å². The summed E-state index contributed by atoms with van der Waals surface area (Å²) < 4.78 is 47.8. The molecule has 6 nitrogen and oxygen atoms in total. The first kappa shape index (κ1) is 16.2. The molecule has 0 saturated carbocycles. The summed E-state index contributed by atoms with van der Waals surface area (Å²) in [6, 6.07) is 3.37. The van der Waals surface area contributed by atoms with Crippen molar-refractivity contribution in [2.75, 3.05) is 13.7 Å². The number of ether oxygens (including phenoxy) is 2. The lowest BCUT2D eigenvalue weighted by Gasteiger charge is -2.18. The van der Waals surface area contributed by atoms with Crippen molar-refractivity contribution in [3.8, 4) is 11.5 Å². The minimum absolute atomic E-state index is 0.120. The number of rotatable bonds is 4. The molecule has 1 amide bonds. The van der Waals surface area contributed by atoms with Crippen LogP contribution in [0.3, 0.4) is 0 Å². The second kappa shape index (κ2) is 5.91. The van der Waals surface area contributed by atoms with Crippen LogP contribution in [-0.4, -0.2) is 47.3 Å². The van der Waals surface area contributed by atoms with Crippen molar-refractivity contribution in [2.45, 2.75) is 11.7 Å². The molecule has 1 aliphatic rings. The number of alkyl halides is 4. The van der Waals surface area contributed by atoms with Crippen LogP contribution < -0.4 is 4.74 Å². The van der Waals surface area contributed by atoms with Gasteiger partial charge in [-0.3, -0.25) is 9.69 Å². The van der Waals surface area contributed by atoms with Crippen LogP contribution in [0, 0.1) is 0 Å². The average molecular weight is 339 g/mol. The fourth-order valence-corrected chi connectivity index (χ4v) is 1.56. The van der Waals surface area contributed by atoms with Gasteiger partial charge >= 0.3 is 6.11 Å². The van der Waals surface area contributed by atoms with Gasteiger partial charge in [0.2, 0.25) is 0 Å². The fraction of sp³-hybridized carbons (Fsp3) is 0.333. The number of hydrogen-bond acceptors (Lipinski definition) is 5. The molecular weight excluding hydrogens is 329 g/mol. The summed E-state index contributed by atoms with van der Waals surface area (Å²) in [5, 5.41) is 9.86. The van der Waals surface area contributed by atoms with E-state index in [4.69, 9.17) is 4.74 Å². The van der Waals surface area contributed by atoms with Crippen LogP contribution >= 0.6 is 11.6 Å². The predicted octanol–water partition coefficient (Wildman–Crippen LogP) is 2.37. The molecule has 2 rings (SSSR count). The standard InChI is InChI=1S/C12H10ClF3N2O4/c1-18-8(19)5-21-11(18)17-6-3-2-4-7(9(6)20)22-12(15,16)10(13)14/h2-4,10,20H,5H2,1H3. The number of aromatic hydroxyl groups is 1. The highest BCUT2D eigenvalue weighted by atomic mass is 35.5. The second-order valence-electron chi connectivity index (χ2n) is 4.22. The molecule has 1 aromatic carbocycles. The number of phenols is 1. The molecule has 1 aliphatic heterocycles. The molecule has 1 heterocycles. The summed E-state index contributed by atoms with van der Waals surface area (Å²) in [5.41, 5.74) is -3.29. The van der Waals surface area contributed by atoms with E-state index < -0.39 is 23.2 Å². The number of nitrogens with zero attached hydrogens (tertiary/aromatic N) is 2. The molecule has 22 heavy (non-hydrogen) atoms. The smallest absolute Gasteiger partial charge is 0.444 e. The highest BCUT2D eigenvalue weighted by Crippen LogP contribution is 2.40. The van der Waals surface area contributed by atoms with E-state index in [-0.39, 0.29) is 24.2 Å².